The van der Waals surface area contributed by atoms with Crippen molar-refractivity contribution in [3.63, 3.8) is 0 Å². The molecule has 0 amide bonds. The Bertz CT molecular complexity index is 470. The Labute approximate surface area is 139 Å². The SMILES string of the molecule is CN=C(NCCCOCC1CC1)NCc1ccc(COC)cc1. The van der Waals surface area contributed by atoms with E-state index in [1.807, 2.05) is 0 Å². The minimum atomic E-state index is 0.653. The summed E-state index contributed by atoms with van der Waals surface area (Å²) in [6.45, 7) is 4.04. The maximum Gasteiger partial charge on any atom is 0.191 e. The largest absolute Gasteiger partial charge is 0.381 e. The number of rotatable bonds is 10. The number of ether oxygens (including phenoxy) is 2. The van der Waals surface area contributed by atoms with E-state index in [1.54, 1.807) is 14.2 Å². The summed E-state index contributed by atoms with van der Waals surface area (Å²) in [7, 11) is 3.50. The van der Waals surface area contributed by atoms with Crippen LogP contribution >= 0.6 is 0 Å². The summed E-state index contributed by atoms with van der Waals surface area (Å²) in [5, 5.41) is 6.64. The third-order valence-electron chi connectivity index (χ3n) is 3.83. The molecule has 0 bridgehead atoms. The van der Waals surface area contributed by atoms with Crippen LogP contribution in [0.15, 0.2) is 29.3 Å². The molecule has 5 heteroatoms. The first-order valence-corrected chi connectivity index (χ1v) is 8.41. The lowest BCUT2D eigenvalue weighted by molar-refractivity contribution is 0.123. The third kappa shape index (κ3) is 7.48. The molecular weight excluding hydrogens is 290 g/mol. The smallest absolute Gasteiger partial charge is 0.191 e. The lowest BCUT2D eigenvalue weighted by Crippen LogP contribution is -2.37. The van der Waals surface area contributed by atoms with E-state index in [2.05, 4.69) is 39.9 Å². The molecule has 0 radical (unpaired) electrons. The van der Waals surface area contributed by atoms with Crippen molar-refractivity contribution in [2.75, 3.05) is 33.9 Å². The monoisotopic (exact) mass is 319 g/mol. The van der Waals surface area contributed by atoms with Crippen molar-refractivity contribution in [2.45, 2.75) is 32.4 Å². The Hall–Kier alpha value is -1.59. The first kappa shape index (κ1) is 17.8. The normalized spacial score (nSPS) is 14.8. The molecule has 1 saturated carbocycles. The number of aliphatic imine (C=N–C) groups is 1. The number of hydrogen-bond acceptors (Lipinski definition) is 3. The Morgan fingerprint density at radius 3 is 2.57 bits per heavy atom. The van der Waals surface area contributed by atoms with Crippen LogP contribution in [0.25, 0.3) is 0 Å². The number of hydrogen-bond donors (Lipinski definition) is 2. The highest BCUT2D eigenvalue weighted by molar-refractivity contribution is 5.79. The molecule has 0 aromatic heterocycles. The second-order valence-corrected chi connectivity index (χ2v) is 5.97. The van der Waals surface area contributed by atoms with Crippen molar-refractivity contribution < 1.29 is 9.47 Å². The zero-order valence-corrected chi connectivity index (χ0v) is 14.3. The van der Waals surface area contributed by atoms with Gasteiger partial charge in [0.1, 0.15) is 0 Å². The van der Waals surface area contributed by atoms with Crippen molar-refractivity contribution >= 4 is 5.96 Å². The van der Waals surface area contributed by atoms with E-state index >= 15 is 0 Å². The highest BCUT2D eigenvalue weighted by Gasteiger charge is 2.20. The Morgan fingerprint density at radius 1 is 1.17 bits per heavy atom. The van der Waals surface area contributed by atoms with Crippen molar-refractivity contribution in [2.24, 2.45) is 10.9 Å². The summed E-state index contributed by atoms with van der Waals surface area (Å²) in [5.41, 5.74) is 2.41. The molecule has 1 aromatic rings. The maximum atomic E-state index is 5.62. The zero-order chi connectivity index (χ0) is 16.3. The van der Waals surface area contributed by atoms with Gasteiger partial charge in [-0.15, -0.1) is 0 Å². The molecule has 5 nitrogen and oxygen atoms in total. The molecule has 1 aliphatic rings. The maximum absolute atomic E-state index is 5.62. The van der Waals surface area contributed by atoms with Crippen LogP contribution in [0.4, 0.5) is 0 Å². The van der Waals surface area contributed by atoms with Crippen LogP contribution in [-0.2, 0) is 22.6 Å². The van der Waals surface area contributed by atoms with Crippen LogP contribution in [0.1, 0.15) is 30.4 Å². The first-order valence-electron chi connectivity index (χ1n) is 8.41. The third-order valence-corrected chi connectivity index (χ3v) is 3.83. The van der Waals surface area contributed by atoms with Crippen LogP contribution in [0.3, 0.4) is 0 Å². The fraction of sp³-hybridized carbons (Fsp3) is 0.611. The summed E-state index contributed by atoms with van der Waals surface area (Å²) in [6.07, 6.45) is 3.70. The van der Waals surface area contributed by atoms with Gasteiger partial charge in [-0.05, 0) is 36.3 Å². The predicted molar refractivity (Wildman–Crippen MR) is 93.5 cm³/mol. The number of benzene rings is 1. The van der Waals surface area contributed by atoms with Crippen LogP contribution in [0.2, 0.25) is 0 Å². The molecule has 0 atom stereocenters. The van der Waals surface area contributed by atoms with Crippen molar-refractivity contribution in [3.05, 3.63) is 35.4 Å². The van der Waals surface area contributed by atoms with Gasteiger partial charge in [-0.3, -0.25) is 4.99 Å². The van der Waals surface area contributed by atoms with Gasteiger partial charge in [-0.25, -0.2) is 0 Å². The highest BCUT2D eigenvalue weighted by Crippen LogP contribution is 2.28. The summed E-state index contributed by atoms with van der Waals surface area (Å²) in [5.74, 6) is 1.67. The van der Waals surface area contributed by atoms with Crippen molar-refractivity contribution in [1.29, 1.82) is 0 Å². The number of methoxy groups -OCH3 is 1. The summed E-state index contributed by atoms with van der Waals surface area (Å²) < 4.78 is 10.7. The molecule has 0 aliphatic heterocycles. The van der Waals surface area contributed by atoms with Gasteiger partial charge in [0.05, 0.1) is 6.61 Å². The van der Waals surface area contributed by atoms with Gasteiger partial charge in [-0.1, -0.05) is 24.3 Å². The van der Waals surface area contributed by atoms with E-state index in [-0.39, 0.29) is 0 Å². The second kappa shape index (κ2) is 10.2. The van der Waals surface area contributed by atoms with Gasteiger partial charge >= 0.3 is 0 Å². The minimum Gasteiger partial charge on any atom is -0.381 e. The predicted octanol–water partition coefficient (Wildman–Crippen LogP) is 2.31. The Kier molecular flexibility index (Phi) is 7.90. The van der Waals surface area contributed by atoms with E-state index < -0.39 is 0 Å². The van der Waals surface area contributed by atoms with Crippen molar-refractivity contribution in [1.82, 2.24) is 10.6 Å². The van der Waals surface area contributed by atoms with Crippen LogP contribution in [-0.4, -0.2) is 39.9 Å². The van der Waals surface area contributed by atoms with E-state index in [0.29, 0.717) is 6.61 Å². The van der Waals surface area contributed by atoms with Gasteiger partial charge in [0.25, 0.3) is 0 Å². The molecule has 2 N–H and O–H groups in total. The van der Waals surface area contributed by atoms with Gasteiger partial charge in [0, 0.05) is 40.5 Å². The molecule has 2 rings (SSSR count). The van der Waals surface area contributed by atoms with E-state index in [4.69, 9.17) is 9.47 Å². The molecular formula is C18H29N3O2. The second-order valence-electron chi connectivity index (χ2n) is 5.97. The van der Waals surface area contributed by atoms with Crippen molar-refractivity contribution in [3.8, 4) is 0 Å². The van der Waals surface area contributed by atoms with Gasteiger partial charge in [-0.2, -0.15) is 0 Å². The van der Waals surface area contributed by atoms with Gasteiger partial charge < -0.3 is 20.1 Å². The summed E-state index contributed by atoms with van der Waals surface area (Å²) in [6, 6.07) is 8.41. The topological polar surface area (TPSA) is 54.9 Å². The fourth-order valence-corrected chi connectivity index (χ4v) is 2.24. The summed E-state index contributed by atoms with van der Waals surface area (Å²) in [4.78, 5) is 4.24. The molecule has 1 aliphatic carbocycles. The minimum absolute atomic E-state index is 0.653. The number of guanidine groups is 1. The molecule has 1 aromatic carbocycles. The average Bonchev–Trinajstić information content (AvgIpc) is 3.39. The lowest BCUT2D eigenvalue weighted by Gasteiger charge is -2.12. The van der Waals surface area contributed by atoms with E-state index in [0.717, 1.165) is 44.6 Å². The van der Waals surface area contributed by atoms with E-state index in [1.165, 1.54) is 24.0 Å². The number of nitrogens with zero attached hydrogens (tertiary/aromatic N) is 1. The molecule has 1 fully saturated rings. The quantitative estimate of drug-likeness (QED) is 0.395. The lowest BCUT2D eigenvalue weighted by atomic mass is 10.1. The Balaban J connectivity index is 1.58. The Morgan fingerprint density at radius 2 is 1.91 bits per heavy atom. The average molecular weight is 319 g/mol. The van der Waals surface area contributed by atoms with Crippen LogP contribution < -0.4 is 10.6 Å². The zero-order valence-electron chi connectivity index (χ0n) is 14.3. The van der Waals surface area contributed by atoms with Crippen LogP contribution in [0, 0.1) is 5.92 Å². The molecule has 0 heterocycles. The fourth-order valence-electron chi connectivity index (χ4n) is 2.24. The van der Waals surface area contributed by atoms with Gasteiger partial charge in [0.15, 0.2) is 5.96 Å². The molecule has 23 heavy (non-hydrogen) atoms. The molecule has 0 spiro atoms. The first-order chi connectivity index (χ1) is 11.3. The molecule has 128 valence electrons. The van der Waals surface area contributed by atoms with Gasteiger partial charge in [0.2, 0.25) is 0 Å². The summed E-state index contributed by atoms with van der Waals surface area (Å²) >= 11 is 0. The highest BCUT2D eigenvalue weighted by atomic mass is 16.5. The number of nitrogens with one attached hydrogen (secondary N) is 2. The van der Waals surface area contributed by atoms with Crippen LogP contribution in [0.5, 0.6) is 0 Å². The molecule has 0 saturated heterocycles. The van der Waals surface area contributed by atoms with E-state index in [9.17, 15) is 0 Å². The standard InChI is InChI=1S/C18H29N3O2/c1-19-18(20-10-3-11-23-14-17-8-9-17)21-12-15-4-6-16(7-5-15)13-22-2/h4-7,17H,3,8-14H2,1-2H3,(H2,19,20,21). The molecule has 0 unspecified atom stereocenters.